The summed E-state index contributed by atoms with van der Waals surface area (Å²) in [7, 11) is -0.699. The Bertz CT molecular complexity index is 1210. The number of aromatic nitrogens is 3. The molecule has 0 aliphatic carbocycles. The standard InChI is InChI=1S/C20H23N5O5S/c1-14-4-6-15(7-5-14)31(27,28)25-9-8-16-18(21-13-22-19(16)25)23(2)24-10-11-30-17(12-24)20(26)29-3/h4-9,13,17H,10-12H2,1-3H3. The van der Waals surface area contributed by atoms with Gasteiger partial charge in [-0.25, -0.2) is 32.2 Å². The van der Waals surface area contributed by atoms with Crippen molar-refractivity contribution < 1.29 is 22.7 Å². The van der Waals surface area contributed by atoms with Gasteiger partial charge in [0.05, 0.1) is 30.5 Å². The molecule has 2 aromatic heterocycles. The number of benzene rings is 1. The molecule has 1 unspecified atom stereocenters. The van der Waals surface area contributed by atoms with E-state index >= 15 is 0 Å². The SMILES string of the molecule is COC(=O)C1CN(N(C)c2ncnc3c2ccn3S(=O)(=O)c2ccc(C)cc2)CCO1. The number of fused-ring (bicyclic) bond motifs is 1. The summed E-state index contributed by atoms with van der Waals surface area (Å²) in [5, 5.41) is 4.26. The predicted octanol–water partition coefficient (Wildman–Crippen LogP) is 1.20. The van der Waals surface area contributed by atoms with Crippen molar-refractivity contribution in [1.82, 2.24) is 18.9 Å². The Balaban J connectivity index is 1.69. The molecule has 31 heavy (non-hydrogen) atoms. The van der Waals surface area contributed by atoms with Crippen LogP contribution in [-0.2, 0) is 24.3 Å². The molecule has 1 saturated heterocycles. The van der Waals surface area contributed by atoms with Gasteiger partial charge in [-0.15, -0.1) is 0 Å². The number of ether oxygens (including phenoxy) is 2. The van der Waals surface area contributed by atoms with Crippen LogP contribution in [0.15, 0.2) is 47.8 Å². The van der Waals surface area contributed by atoms with Gasteiger partial charge >= 0.3 is 5.97 Å². The first-order valence-corrected chi connectivity index (χ1v) is 11.1. The van der Waals surface area contributed by atoms with E-state index < -0.39 is 22.1 Å². The Labute approximate surface area is 180 Å². The quantitative estimate of drug-likeness (QED) is 0.536. The van der Waals surface area contributed by atoms with Crippen molar-refractivity contribution in [2.75, 3.05) is 38.9 Å². The van der Waals surface area contributed by atoms with Crippen molar-refractivity contribution in [1.29, 1.82) is 0 Å². The van der Waals surface area contributed by atoms with E-state index in [4.69, 9.17) is 9.47 Å². The largest absolute Gasteiger partial charge is 0.467 e. The van der Waals surface area contributed by atoms with Crippen LogP contribution in [0.1, 0.15) is 5.56 Å². The van der Waals surface area contributed by atoms with Gasteiger partial charge < -0.3 is 9.47 Å². The predicted molar refractivity (Wildman–Crippen MR) is 113 cm³/mol. The molecule has 1 fully saturated rings. The number of methoxy groups -OCH3 is 1. The smallest absolute Gasteiger partial charge is 0.336 e. The summed E-state index contributed by atoms with van der Waals surface area (Å²) in [5.74, 6) is 0.0784. The van der Waals surface area contributed by atoms with Crippen molar-refractivity contribution in [3.05, 3.63) is 48.4 Å². The first-order valence-electron chi connectivity index (χ1n) is 9.65. The summed E-state index contributed by atoms with van der Waals surface area (Å²) >= 11 is 0. The van der Waals surface area contributed by atoms with Crippen molar-refractivity contribution in [3.8, 4) is 0 Å². The highest BCUT2D eigenvalue weighted by atomic mass is 32.2. The van der Waals surface area contributed by atoms with Gasteiger partial charge in [0.15, 0.2) is 17.6 Å². The Morgan fingerprint density at radius 1 is 1.23 bits per heavy atom. The zero-order chi connectivity index (χ0) is 22.2. The molecule has 0 bridgehead atoms. The lowest BCUT2D eigenvalue weighted by molar-refractivity contribution is -0.159. The minimum absolute atomic E-state index is 0.179. The molecule has 4 rings (SSSR count). The molecule has 0 saturated carbocycles. The highest BCUT2D eigenvalue weighted by Gasteiger charge is 2.31. The Morgan fingerprint density at radius 2 is 1.97 bits per heavy atom. The third-order valence-electron chi connectivity index (χ3n) is 5.24. The van der Waals surface area contributed by atoms with Gasteiger partial charge in [-0.1, -0.05) is 17.7 Å². The van der Waals surface area contributed by atoms with E-state index in [0.29, 0.717) is 24.4 Å². The maximum atomic E-state index is 13.2. The first-order chi connectivity index (χ1) is 14.8. The molecule has 3 heterocycles. The van der Waals surface area contributed by atoms with Crippen LogP contribution in [0.5, 0.6) is 0 Å². The Hall–Kier alpha value is -3.02. The lowest BCUT2D eigenvalue weighted by atomic mass is 10.2. The van der Waals surface area contributed by atoms with Gasteiger partial charge in [0, 0.05) is 19.8 Å². The monoisotopic (exact) mass is 445 g/mol. The van der Waals surface area contributed by atoms with Crippen LogP contribution in [0, 0.1) is 6.92 Å². The van der Waals surface area contributed by atoms with Crippen molar-refractivity contribution in [3.63, 3.8) is 0 Å². The summed E-state index contributed by atoms with van der Waals surface area (Å²) in [4.78, 5) is 20.6. The highest BCUT2D eigenvalue weighted by Crippen LogP contribution is 2.27. The molecule has 0 spiro atoms. The third-order valence-corrected chi connectivity index (χ3v) is 6.93. The van der Waals surface area contributed by atoms with E-state index in [1.165, 1.54) is 19.6 Å². The lowest BCUT2D eigenvalue weighted by Crippen LogP contribution is -2.53. The summed E-state index contributed by atoms with van der Waals surface area (Å²) in [5.41, 5.74) is 1.24. The van der Waals surface area contributed by atoms with Crippen molar-refractivity contribution in [2.24, 2.45) is 0 Å². The molecule has 0 amide bonds. The molecule has 3 aromatic rings. The van der Waals surface area contributed by atoms with E-state index in [9.17, 15) is 13.2 Å². The van der Waals surface area contributed by atoms with Crippen LogP contribution in [0.2, 0.25) is 0 Å². The number of hydrazine groups is 1. The van der Waals surface area contributed by atoms with Crippen LogP contribution in [0.25, 0.3) is 11.0 Å². The summed E-state index contributed by atoms with van der Waals surface area (Å²) in [6, 6.07) is 8.33. The van der Waals surface area contributed by atoms with Crippen LogP contribution in [0.4, 0.5) is 5.82 Å². The lowest BCUT2D eigenvalue weighted by Gasteiger charge is -2.38. The van der Waals surface area contributed by atoms with E-state index in [-0.39, 0.29) is 17.1 Å². The Morgan fingerprint density at radius 3 is 2.68 bits per heavy atom. The van der Waals surface area contributed by atoms with Gasteiger partial charge in [-0.05, 0) is 25.1 Å². The minimum atomic E-state index is -3.82. The van der Waals surface area contributed by atoms with E-state index in [0.717, 1.165) is 9.54 Å². The molecule has 11 heteroatoms. The molecule has 164 valence electrons. The Kier molecular flexibility index (Phi) is 5.65. The van der Waals surface area contributed by atoms with Gasteiger partial charge in [-0.3, -0.25) is 5.01 Å². The van der Waals surface area contributed by atoms with E-state index in [1.54, 1.807) is 42.4 Å². The van der Waals surface area contributed by atoms with Crippen LogP contribution < -0.4 is 5.01 Å². The van der Waals surface area contributed by atoms with E-state index in [2.05, 4.69) is 9.97 Å². The molecular weight excluding hydrogens is 422 g/mol. The second kappa shape index (κ2) is 8.25. The van der Waals surface area contributed by atoms with Gasteiger partial charge in [-0.2, -0.15) is 0 Å². The fourth-order valence-corrected chi connectivity index (χ4v) is 4.81. The fraction of sp³-hybridized carbons (Fsp3) is 0.350. The average molecular weight is 446 g/mol. The van der Waals surface area contributed by atoms with Crippen molar-refractivity contribution in [2.45, 2.75) is 17.9 Å². The number of anilines is 1. The zero-order valence-electron chi connectivity index (χ0n) is 17.4. The second-order valence-corrected chi connectivity index (χ2v) is 9.00. The normalized spacial score (nSPS) is 17.6. The highest BCUT2D eigenvalue weighted by molar-refractivity contribution is 7.90. The van der Waals surface area contributed by atoms with Crippen molar-refractivity contribution >= 4 is 32.8 Å². The molecule has 1 atom stereocenters. The second-order valence-electron chi connectivity index (χ2n) is 7.18. The summed E-state index contributed by atoms with van der Waals surface area (Å²) < 4.78 is 37.7. The van der Waals surface area contributed by atoms with Gasteiger partial charge in [0.1, 0.15) is 6.33 Å². The van der Waals surface area contributed by atoms with Gasteiger partial charge in [0.25, 0.3) is 10.0 Å². The summed E-state index contributed by atoms with van der Waals surface area (Å²) in [6.45, 7) is 3.07. The maximum absolute atomic E-state index is 13.2. The molecule has 1 aliphatic heterocycles. The van der Waals surface area contributed by atoms with Crippen LogP contribution >= 0.6 is 0 Å². The number of morpholine rings is 1. The van der Waals surface area contributed by atoms with Crippen LogP contribution in [0.3, 0.4) is 0 Å². The topological polar surface area (TPSA) is 107 Å². The maximum Gasteiger partial charge on any atom is 0.336 e. The molecule has 0 N–H and O–H groups in total. The van der Waals surface area contributed by atoms with Crippen LogP contribution in [-0.4, -0.2) is 73.3 Å². The van der Waals surface area contributed by atoms with Gasteiger partial charge in [0.2, 0.25) is 0 Å². The number of carbonyl (C=O) groups excluding carboxylic acids is 1. The number of nitrogens with zero attached hydrogens (tertiary/aromatic N) is 5. The molecule has 10 nitrogen and oxygen atoms in total. The summed E-state index contributed by atoms with van der Waals surface area (Å²) in [6.07, 6.45) is 2.10. The molecule has 1 aromatic carbocycles. The number of hydrogen-bond acceptors (Lipinski definition) is 9. The third kappa shape index (κ3) is 3.87. The average Bonchev–Trinajstić information content (AvgIpc) is 3.23. The minimum Gasteiger partial charge on any atom is -0.467 e. The number of carbonyl (C=O) groups is 1. The van der Waals surface area contributed by atoms with E-state index in [1.807, 2.05) is 11.9 Å². The number of aryl methyl sites for hydroxylation is 1. The molecule has 0 radical (unpaired) electrons. The number of rotatable bonds is 5. The number of esters is 1. The molecule has 1 aliphatic rings. The number of hydrogen-bond donors (Lipinski definition) is 0. The molecular formula is C20H23N5O5S. The fourth-order valence-electron chi connectivity index (χ4n) is 3.51. The zero-order valence-corrected chi connectivity index (χ0v) is 18.2. The first kappa shape index (κ1) is 21.2.